The first kappa shape index (κ1) is 22.3. The summed E-state index contributed by atoms with van der Waals surface area (Å²) in [5.74, 6) is -0.226. The number of H-pyrrole nitrogens is 1. The number of rotatable bonds is 5. The molecule has 2 aliphatic rings. The zero-order valence-corrected chi connectivity index (χ0v) is 19.3. The van der Waals surface area contributed by atoms with Crippen LogP contribution in [0.25, 0.3) is 11.1 Å². The van der Waals surface area contributed by atoms with Crippen LogP contribution in [0.5, 0.6) is 0 Å². The van der Waals surface area contributed by atoms with E-state index in [2.05, 4.69) is 20.6 Å². The zero-order valence-electron chi connectivity index (χ0n) is 18.5. The Kier molecular flexibility index (Phi) is 5.70. The number of amides is 1. The van der Waals surface area contributed by atoms with E-state index in [1.165, 1.54) is 22.7 Å². The Bertz CT molecular complexity index is 1380. The lowest BCUT2D eigenvalue weighted by Crippen LogP contribution is -2.41. The van der Waals surface area contributed by atoms with Gasteiger partial charge >= 0.3 is 0 Å². The largest absolute Gasteiger partial charge is 0.382 e. The summed E-state index contributed by atoms with van der Waals surface area (Å²) in [4.78, 5) is 20.4. The number of benzene rings is 2. The molecule has 1 amide bonds. The highest BCUT2D eigenvalue weighted by atomic mass is 32.2. The smallest absolute Gasteiger partial charge is 0.257 e. The van der Waals surface area contributed by atoms with E-state index in [4.69, 9.17) is 0 Å². The fraction of sp³-hybridized carbons (Fsp3) is 0.250. The molecule has 0 radical (unpaired) electrons. The molecule has 1 aromatic heterocycles. The second-order valence-corrected chi connectivity index (χ2v) is 10.5. The fourth-order valence-corrected chi connectivity index (χ4v) is 5.39. The highest BCUT2D eigenvalue weighted by Crippen LogP contribution is 2.40. The maximum Gasteiger partial charge on any atom is 0.257 e. The molecule has 2 aromatic carbocycles. The summed E-state index contributed by atoms with van der Waals surface area (Å²) >= 11 is 0. The highest BCUT2D eigenvalue weighted by Gasteiger charge is 2.31. The SMILES string of the molecule is CS(=O)(=O)N1CCC(Nc2ccc3c(c2)C(=C(c2cccc(F)c2)c2ncc[nH]2)C(=O)N3)CC1. The Morgan fingerprint density at radius 1 is 1.18 bits per heavy atom. The predicted octanol–water partition coefficient (Wildman–Crippen LogP) is 3.30. The van der Waals surface area contributed by atoms with Gasteiger partial charge in [-0.25, -0.2) is 22.1 Å². The number of fused-ring (bicyclic) bond motifs is 1. The molecule has 0 unspecified atom stereocenters. The summed E-state index contributed by atoms with van der Waals surface area (Å²) in [7, 11) is -3.19. The standard InChI is InChI=1S/C24H24FN5O3S/c1-34(32,33)30-11-7-17(8-12-30)28-18-5-6-20-19(14-18)22(24(31)29-20)21(23-26-9-10-27-23)15-3-2-4-16(25)13-15/h2-6,9-10,13-14,17,28H,7-8,11-12H2,1H3,(H,26,27)(H,29,31). The average Bonchev–Trinajstić information content (AvgIpc) is 3.43. The molecule has 1 fully saturated rings. The first-order valence-corrected chi connectivity index (χ1v) is 12.8. The minimum atomic E-state index is -3.19. The normalized spacial score (nSPS) is 18.5. The fourth-order valence-electron chi connectivity index (χ4n) is 4.52. The topological polar surface area (TPSA) is 107 Å². The van der Waals surface area contributed by atoms with Gasteiger partial charge in [0.2, 0.25) is 10.0 Å². The molecule has 3 aromatic rings. The first-order chi connectivity index (χ1) is 16.3. The third-order valence-corrected chi connectivity index (χ3v) is 7.46. The molecule has 0 atom stereocenters. The van der Waals surface area contributed by atoms with Crippen molar-refractivity contribution in [1.29, 1.82) is 0 Å². The number of carbonyl (C=O) groups is 1. The Balaban J connectivity index is 1.51. The molecular weight excluding hydrogens is 457 g/mol. The number of aromatic nitrogens is 2. The Morgan fingerprint density at radius 2 is 1.97 bits per heavy atom. The minimum absolute atomic E-state index is 0.112. The van der Waals surface area contributed by atoms with Crippen LogP contribution in [0.3, 0.4) is 0 Å². The van der Waals surface area contributed by atoms with Crippen LogP contribution in [0.15, 0.2) is 54.9 Å². The molecule has 176 valence electrons. The molecule has 8 nitrogen and oxygen atoms in total. The number of hydrogen-bond acceptors (Lipinski definition) is 5. The van der Waals surface area contributed by atoms with Gasteiger partial charge in [0.1, 0.15) is 11.6 Å². The lowest BCUT2D eigenvalue weighted by molar-refractivity contribution is -0.110. The van der Waals surface area contributed by atoms with Crippen molar-refractivity contribution in [2.75, 3.05) is 30.0 Å². The molecule has 0 spiro atoms. The molecule has 3 N–H and O–H groups in total. The minimum Gasteiger partial charge on any atom is -0.382 e. The number of imidazole rings is 1. The third-order valence-electron chi connectivity index (χ3n) is 6.16. The molecule has 3 heterocycles. The number of anilines is 2. The van der Waals surface area contributed by atoms with Crippen molar-refractivity contribution in [1.82, 2.24) is 14.3 Å². The van der Waals surface area contributed by atoms with Crippen LogP contribution in [-0.2, 0) is 14.8 Å². The molecule has 2 aliphatic heterocycles. The number of sulfonamides is 1. The maximum atomic E-state index is 14.1. The number of piperidine rings is 1. The van der Waals surface area contributed by atoms with E-state index < -0.39 is 15.8 Å². The van der Waals surface area contributed by atoms with E-state index in [0.29, 0.717) is 59.7 Å². The van der Waals surface area contributed by atoms with Crippen LogP contribution in [0.4, 0.5) is 15.8 Å². The summed E-state index contributed by atoms with van der Waals surface area (Å²) in [6.45, 7) is 0.934. The van der Waals surface area contributed by atoms with Crippen LogP contribution >= 0.6 is 0 Å². The number of carbonyl (C=O) groups excluding carboxylic acids is 1. The Labute approximate surface area is 197 Å². The molecular formula is C24H24FN5O3S. The molecule has 5 rings (SSSR count). The lowest BCUT2D eigenvalue weighted by Gasteiger charge is -2.31. The summed E-state index contributed by atoms with van der Waals surface area (Å²) in [6.07, 6.45) is 5.85. The Morgan fingerprint density at radius 3 is 2.65 bits per heavy atom. The van der Waals surface area contributed by atoms with Crippen molar-refractivity contribution >= 4 is 38.5 Å². The van der Waals surface area contributed by atoms with E-state index >= 15 is 0 Å². The second-order valence-electron chi connectivity index (χ2n) is 8.49. The van der Waals surface area contributed by atoms with Crippen molar-refractivity contribution in [3.8, 4) is 0 Å². The van der Waals surface area contributed by atoms with E-state index in [0.717, 1.165) is 5.69 Å². The predicted molar refractivity (Wildman–Crippen MR) is 129 cm³/mol. The molecule has 10 heteroatoms. The van der Waals surface area contributed by atoms with E-state index in [1.807, 2.05) is 18.2 Å². The zero-order chi connectivity index (χ0) is 23.9. The van der Waals surface area contributed by atoms with Crippen LogP contribution in [0.2, 0.25) is 0 Å². The van der Waals surface area contributed by atoms with Gasteiger partial charge in [0.25, 0.3) is 5.91 Å². The van der Waals surface area contributed by atoms with E-state index in [1.54, 1.807) is 24.5 Å². The van der Waals surface area contributed by atoms with Crippen molar-refractivity contribution in [3.05, 3.63) is 77.6 Å². The van der Waals surface area contributed by atoms with Crippen LogP contribution in [0.1, 0.15) is 29.8 Å². The molecule has 34 heavy (non-hydrogen) atoms. The van der Waals surface area contributed by atoms with E-state index in [-0.39, 0.29) is 11.9 Å². The average molecular weight is 482 g/mol. The molecule has 0 saturated carbocycles. The van der Waals surface area contributed by atoms with Crippen molar-refractivity contribution < 1.29 is 17.6 Å². The molecule has 0 bridgehead atoms. The summed E-state index contributed by atoms with van der Waals surface area (Å²) in [5, 5.41) is 6.37. The van der Waals surface area contributed by atoms with Gasteiger partial charge < -0.3 is 15.6 Å². The van der Waals surface area contributed by atoms with Crippen LogP contribution in [-0.4, -0.2) is 54.0 Å². The summed E-state index contributed by atoms with van der Waals surface area (Å²) in [6, 6.07) is 11.8. The first-order valence-electron chi connectivity index (χ1n) is 11.0. The van der Waals surface area contributed by atoms with Gasteiger partial charge in [0, 0.05) is 54.0 Å². The van der Waals surface area contributed by atoms with E-state index in [9.17, 15) is 17.6 Å². The van der Waals surface area contributed by atoms with Crippen LogP contribution in [0, 0.1) is 5.82 Å². The summed E-state index contributed by atoms with van der Waals surface area (Å²) in [5.41, 5.74) is 3.64. The second kappa shape index (κ2) is 8.69. The lowest BCUT2D eigenvalue weighted by atomic mass is 9.94. The third kappa shape index (κ3) is 4.34. The van der Waals surface area contributed by atoms with Crippen molar-refractivity contribution in [2.24, 2.45) is 0 Å². The maximum absolute atomic E-state index is 14.1. The van der Waals surface area contributed by atoms with Gasteiger partial charge in [-0.1, -0.05) is 12.1 Å². The van der Waals surface area contributed by atoms with Crippen LogP contribution < -0.4 is 10.6 Å². The number of aromatic amines is 1. The number of hydrogen-bond donors (Lipinski definition) is 3. The Hall–Kier alpha value is -3.50. The number of nitrogens with zero attached hydrogens (tertiary/aromatic N) is 2. The van der Waals surface area contributed by atoms with Gasteiger partial charge in [-0.3, -0.25) is 4.79 Å². The quantitative estimate of drug-likeness (QED) is 0.485. The molecule has 0 aliphatic carbocycles. The van der Waals surface area contributed by atoms with Gasteiger partial charge in [-0.05, 0) is 48.7 Å². The monoisotopic (exact) mass is 481 g/mol. The van der Waals surface area contributed by atoms with Crippen molar-refractivity contribution in [2.45, 2.75) is 18.9 Å². The molecule has 1 saturated heterocycles. The van der Waals surface area contributed by atoms with Crippen molar-refractivity contribution in [3.63, 3.8) is 0 Å². The van der Waals surface area contributed by atoms with Gasteiger partial charge in [0.05, 0.1) is 11.8 Å². The number of nitrogens with one attached hydrogen (secondary N) is 3. The van der Waals surface area contributed by atoms with Gasteiger partial charge in [-0.2, -0.15) is 0 Å². The van der Waals surface area contributed by atoms with Gasteiger partial charge in [0.15, 0.2) is 0 Å². The van der Waals surface area contributed by atoms with Gasteiger partial charge in [-0.15, -0.1) is 0 Å². The summed E-state index contributed by atoms with van der Waals surface area (Å²) < 4.78 is 39.1. The number of halogens is 1. The highest BCUT2D eigenvalue weighted by molar-refractivity contribution is 7.88.